The van der Waals surface area contributed by atoms with Gasteiger partial charge in [-0.05, 0) is 44.5 Å². The maximum Gasteiger partial charge on any atom is 0.273 e. The summed E-state index contributed by atoms with van der Waals surface area (Å²) in [6.07, 6.45) is 1.63. The molecule has 5 rings (SSSR count). The SMILES string of the molecule is CCOc1nc(-c2cnc(N)nc2NC(C)c2nc3cccc(C)c3c(=O)n2-c2ccccc2)cs1. The summed E-state index contributed by atoms with van der Waals surface area (Å²) in [6, 6.07) is 14.7. The number of anilines is 2. The lowest BCUT2D eigenvalue weighted by Gasteiger charge is -2.21. The number of rotatable bonds is 7. The Morgan fingerprint density at radius 2 is 1.92 bits per heavy atom. The van der Waals surface area contributed by atoms with E-state index >= 15 is 0 Å². The van der Waals surface area contributed by atoms with Gasteiger partial charge in [0.05, 0.1) is 40.5 Å². The van der Waals surface area contributed by atoms with Crippen molar-refractivity contribution in [2.75, 3.05) is 17.7 Å². The Balaban J connectivity index is 1.63. The van der Waals surface area contributed by atoms with Crippen LogP contribution in [0.5, 0.6) is 5.19 Å². The fourth-order valence-corrected chi connectivity index (χ4v) is 4.79. The van der Waals surface area contributed by atoms with Crippen molar-refractivity contribution in [3.8, 4) is 22.1 Å². The zero-order valence-electron chi connectivity index (χ0n) is 20.1. The highest BCUT2D eigenvalue weighted by molar-refractivity contribution is 7.11. The maximum absolute atomic E-state index is 13.8. The number of nitrogens with two attached hydrogens (primary N) is 1. The normalized spacial score (nSPS) is 12.0. The summed E-state index contributed by atoms with van der Waals surface area (Å²) < 4.78 is 7.17. The molecule has 1 atom stereocenters. The lowest BCUT2D eigenvalue weighted by Crippen LogP contribution is -2.28. The first-order valence-electron chi connectivity index (χ1n) is 11.5. The van der Waals surface area contributed by atoms with Crippen LogP contribution in [-0.2, 0) is 0 Å². The lowest BCUT2D eigenvalue weighted by atomic mass is 10.1. The standard InChI is InChI=1S/C26H25N7O2S/c1-4-35-26-31-20(14-36-26)18-13-28-25(27)32-22(18)29-16(3)23-30-19-12-8-9-15(2)21(19)24(34)33(23)17-10-6-5-7-11-17/h5-14,16H,4H2,1-3H3,(H3,27,28,29,32). The fraction of sp³-hybridized carbons (Fsp3) is 0.192. The van der Waals surface area contributed by atoms with Gasteiger partial charge in [0.1, 0.15) is 11.6 Å². The van der Waals surface area contributed by atoms with Gasteiger partial charge in [0.2, 0.25) is 5.95 Å². The zero-order chi connectivity index (χ0) is 25.2. The average Bonchev–Trinajstić information content (AvgIpc) is 3.33. The van der Waals surface area contributed by atoms with Crippen LogP contribution in [-0.4, -0.2) is 31.1 Å². The molecule has 0 saturated carbocycles. The number of nitrogens with zero attached hydrogens (tertiary/aromatic N) is 5. The summed E-state index contributed by atoms with van der Waals surface area (Å²) in [7, 11) is 0. The molecular weight excluding hydrogens is 474 g/mol. The van der Waals surface area contributed by atoms with Gasteiger partial charge in [-0.15, -0.1) is 0 Å². The van der Waals surface area contributed by atoms with Crippen molar-refractivity contribution in [2.45, 2.75) is 26.8 Å². The molecule has 3 aromatic heterocycles. The Morgan fingerprint density at radius 1 is 1.11 bits per heavy atom. The molecule has 0 amide bonds. The first kappa shape index (κ1) is 23.4. The topological polar surface area (TPSA) is 121 Å². The van der Waals surface area contributed by atoms with E-state index in [1.165, 1.54) is 11.3 Å². The molecule has 3 heterocycles. The highest BCUT2D eigenvalue weighted by Gasteiger charge is 2.21. The van der Waals surface area contributed by atoms with Gasteiger partial charge in [-0.25, -0.2) is 15.0 Å². The maximum atomic E-state index is 13.8. The van der Waals surface area contributed by atoms with Crippen molar-refractivity contribution in [3.63, 3.8) is 0 Å². The van der Waals surface area contributed by atoms with E-state index in [2.05, 4.69) is 20.3 Å². The zero-order valence-corrected chi connectivity index (χ0v) is 20.9. The van der Waals surface area contributed by atoms with Crippen LogP contribution in [0.25, 0.3) is 27.8 Å². The minimum absolute atomic E-state index is 0.122. The second-order valence-corrected chi connectivity index (χ2v) is 9.02. The van der Waals surface area contributed by atoms with Crippen molar-refractivity contribution >= 4 is 34.0 Å². The van der Waals surface area contributed by atoms with Crippen LogP contribution in [0.15, 0.2) is 64.9 Å². The van der Waals surface area contributed by atoms with Gasteiger partial charge in [0.25, 0.3) is 10.8 Å². The molecule has 0 aliphatic carbocycles. The van der Waals surface area contributed by atoms with Crippen molar-refractivity contribution < 1.29 is 4.74 Å². The smallest absolute Gasteiger partial charge is 0.273 e. The van der Waals surface area contributed by atoms with Gasteiger partial charge < -0.3 is 15.8 Å². The third-order valence-electron chi connectivity index (χ3n) is 5.72. The number of hydrogen-bond acceptors (Lipinski definition) is 9. The van der Waals surface area contributed by atoms with E-state index in [1.54, 1.807) is 10.8 Å². The van der Waals surface area contributed by atoms with Crippen LogP contribution in [0.3, 0.4) is 0 Å². The molecule has 0 aliphatic heterocycles. The van der Waals surface area contributed by atoms with Crippen LogP contribution < -0.4 is 21.3 Å². The Hall–Kier alpha value is -4.31. The third kappa shape index (κ3) is 4.38. The molecule has 0 fully saturated rings. The monoisotopic (exact) mass is 499 g/mol. The largest absolute Gasteiger partial charge is 0.470 e. The van der Waals surface area contributed by atoms with Gasteiger partial charge in [0, 0.05) is 11.6 Å². The van der Waals surface area contributed by atoms with Gasteiger partial charge in [0.15, 0.2) is 0 Å². The quantitative estimate of drug-likeness (QED) is 0.329. The first-order chi connectivity index (χ1) is 17.5. The molecule has 182 valence electrons. The predicted octanol–water partition coefficient (Wildman–Crippen LogP) is 4.76. The Kier molecular flexibility index (Phi) is 6.34. The molecule has 10 heteroatoms. The molecule has 0 bridgehead atoms. The molecule has 2 aromatic carbocycles. The number of nitrogen functional groups attached to an aromatic ring is 1. The van der Waals surface area contributed by atoms with Gasteiger partial charge >= 0.3 is 0 Å². The number of aromatic nitrogens is 5. The summed E-state index contributed by atoms with van der Waals surface area (Å²) in [5.74, 6) is 1.15. The number of para-hydroxylation sites is 1. The molecule has 3 N–H and O–H groups in total. The average molecular weight is 500 g/mol. The van der Waals surface area contributed by atoms with E-state index < -0.39 is 6.04 Å². The van der Waals surface area contributed by atoms with Crippen LogP contribution in [0.4, 0.5) is 11.8 Å². The molecule has 1 unspecified atom stereocenters. The van der Waals surface area contributed by atoms with Crippen molar-refractivity contribution in [1.29, 1.82) is 0 Å². The van der Waals surface area contributed by atoms with Gasteiger partial charge in [-0.3, -0.25) is 9.36 Å². The van der Waals surface area contributed by atoms with E-state index in [0.29, 0.717) is 45.6 Å². The predicted molar refractivity (Wildman–Crippen MR) is 143 cm³/mol. The number of fused-ring (bicyclic) bond motifs is 1. The van der Waals surface area contributed by atoms with Crippen molar-refractivity contribution in [3.05, 3.63) is 81.8 Å². The fourth-order valence-electron chi connectivity index (χ4n) is 4.06. The van der Waals surface area contributed by atoms with Crippen molar-refractivity contribution in [1.82, 2.24) is 24.5 Å². The van der Waals surface area contributed by atoms with E-state index in [-0.39, 0.29) is 11.5 Å². The summed E-state index contributed by atoms with van der Waals surface area (Å²) in [6.45, 7) is 6.28. The van der Waals surface area contributed by atoms with Crippen LogP contribution >= 0.6 is 11.3 Å². The number of hydrogen-bond donors (Lipinski definition) is 2. The Labute approximate surface area is 211 Å². The van der Waals surface area contributed by atoms with Crippen LogP contribution in [0.1, 0.15) is 31.3 Å². The van der Waals surface area contributed by atoms with Crippen molar-refractivity contribution in [2.24, 2.45) is 0 Å². The minimum atomic E-state index is -0.416. The molecule has 9 nitrogen and oxygen atoms in total. The minimum Gasteiger partial charge on any atom is -0.470 e. The van der Waals surface area contributed by atoms with E-state index in [4.69, 9.17) is 15.5 Å². The molecule has 0 radical (unpaired) electrons. The summed E-state index contributed by atoms with van der Waals surface area (Å²) in [5.41, 5.74) is 9.39. The molecule has 0 aliphatic rings. The molecule has 0 spiro atoms. The summed E-state index contributed by atoms with van der Waals surface area (Å²) >= 11 is 1.40. The highest BCUT2D eigenvalue weighted by Crippen LogP contribution is 2.32. The van der Waals surface area contributed by atoms with Crippen LogP contribution in [0.2, 0.25) is 0 Å². The van der Waals surface area contributed by atoms with E-state index in [9.17, 15) is 4.79 Å². The second kappa shape index (κ2) is 9.74. The van der Waals surface area contributed by atoms with Crippen LogP contribution in [0, 0.1) is 6.92 Å². The van der Waals surface area contributed by atoms with Gasteiger partial charge in [-0.2, -0.15) is 4.98 Å². The molecule has 0 saturated heterocycles. The number of ether oxygens (including phenoxy) is 1. The van der Waals surface area contributed by atoms with E-state index in [0.717, 1.165) is 11.3 Å². The first-order valence-corrected chi connectivity index (χ1v) is 12.4. The number of thiazole rings is 1. The molecule has 5 aromatic rings. The number of benzene rings is 2. The Bertz CT molecular complexity index is 1600. The number of aryl methyl sites for hydroxylation is 1. The molecular formula is C26H25N7O2S. The molecule has 36 heavy (non-hydrogen) atoms. The number of nitrogens with one attached hydrogen (secondary N) is 1. The van der Waals surface area contributed by atoms with E-state index in [1.807, 2.05) is 74.7 Å². The third-order valence-corrected chi connectivity index (χ3v) is 6.47. The Morgan fingerprint density at radius 3 is 2.69 bits per heavy atom. The second-order valence-electron chi connectivity index (χ2n) is 8.20. The highest BCUT2D eigenvalue weighted by atomic mass is 32.1. The lowest BCUT2D eigenvalue weighted by molar-refractivity contribution is 0.338. The summed E-state index contributed by atoms with van der Waals surface area (Å²) in [4.78, 5) is 31.8. The van der Waals surface area contributed by atoms with Gasteiger partial charge in [-0.1, -0.05) is 41.7 Å². The summed E-state index contributed by atoms with van der Waals surface area (Å²) in [5, 5.41) is 6.43.